The van der Waals surface area contributed by atoms with Crippen LogP contribution in [0.1, 0.15) is 0 Å². The molecule has 4 N–H and O–H groups in total. The van der Waals surface area contributed by atoms with Crippen molar-refractivity contribution < 1.29 is 13.2 Å². The first-order chi connectivity index (χ1) is 8.95. The Labute approximate surface area is 111 Å². The van der Waals surface area contributed by atoms with Gasteiger partial charge in [-0.15, -0.1) is 0 Å². The van der Waals surface area contributed by atoms with E-state index in [0.29, 0.717) is 5.88 Å². The summed E-state index contributed by atoms with van der Waals surface area (Å²) >= 11 is 0. The van der Waals surface area contributed by atoms with Crippen LogP contribution in [-0.4, -0.2) is 25.5 Å². The van der Waals surface area contributed by atoms with Crippen molar-refractivity contribution in [2.45, 2.75) is 4.90 Å². The van der Waals surface area contributed by atoms with Gasteiger partial charge < -0.3 is 10.5 Å². The number of nitrogens with two attached hydrogens (primary N) is 2. The Balaban J connectivity index is 0.000000200. The summed E-state index contributed by atoms with van der Waals surface area (Å²) in [6, 6.07) is 7.75. The standard InChI is InChI=1S/C6H8N2O2S.C5H6N2O/c7-5-3-1-2-4-6(5)11(8,9)10;1-8-5-2-3-6-4-7-5/h1-4H,7H2,(H2,8,9,10);2-4H,1H3. The fraction of sp³-hybridized carbons (Fsp3) is 0.0909. The SMILES string of the molecule is COc1ccncn1.Nc1ccccc1S(N)(=O)=O. The minimum Gasteiger partial charge on any atom is -0.481 e. The second-order valence-electron chi connectivity index (χ2n) is 3.33. The Morgan fingerprint density at radius 3 is 2.26 bits per heavy atom. The van der Waals surface area contributed by atoms with Gasteiger partial charge in [-0.05, 0) is 12.1 Å². The van der Waals surface area contributed by atoms with Gasteiger partial charge in [-0.3, -0.25) is 0 Å². The Bertz CT molecular complexity index is 617. The van der Waals surface area contributed by atoms with E-state index >= 15 is 0 Å². The number of ether oxygens (including phenoxy) is 1. The maximum Gasteiger partial charge on any atom is 0.240 e. The van der Waals surface area contributed by atoms with Crippen molar-refractivity contribution in [2.24, 2.45) is 5.14 Å². The van der Waals surface area contributed by atoms with Crippen LogP contribution in [0.25, 0.3) is 0 Å². The van der Waals surface area contributed by atoms with Gasteiger partial charge in [0.25, 0.3) is 0 Å². The molecule has 19 heavy (non-hydrogen) atoms. The lowest BCUT2D eigenvalue weighted by Crippen LogP contribution is -2.13. The predicted octanol–water partition coefficient (Wildman–Crippen LogP) is 0.401. The third kappa shape index (κ3) is 4.90. The molecule has 0 unspecified atom stereocenters. The van der Waals surface area contributed by atoms with Crippen LogP contribution >= 0.6 is 0 Å². The molecule has 0 aliphatic heterocycles. The summed E-state index contributed by atoms with van der Waals surface area (Å²) in [7, 11) is -2.09. The molecule has 0 saturated carbocycles. The molecule has 8 heteroatoms. The van der Waals surface area contributed by atoms with Gasteiger partial charge in [0, 0.05) is 12.3 Å². The van der Waals surface area contributed by atoms with Crippen molar-refractivity contribution in [1.29, 1.82) is 0 Å². The van der Waals surface area contributed by atoms with Crippen molar-refractivity contribution >= 4 is 15.7 Å². The first-order valence-electron chi connectivity index (χ1n) is 5.12. The predicted molar refractivity (Wildman–Crippen MR) is 70.8 cm³/mol. The highest BCUT2D eigenvalue weighted by atomic mass is 32.2. The Morgan fingerprint density at radius 2 is 1.89 bits per heavy atom. The Kier molecular flexibility index (Phi) is 5.22. The van der Waals surface area contributed by atoms with Crippen molar-refractivity contribution in [3.05, 3.63) is 42.9 Å². The number of sulfonamides is 1. The van der Waals surface area contributed by atoms with Gasteiger partial charge in [0.2, 0.25) is 15.9 Å². The van der Waals surface area contributed by atoms with Crippen LogP contribution in [0, 0.1) is 0 Å². The summed E-state index contributed by atoms with van der Waals surface area (Å²) in [6.45, 7) is 0. The maximum atomic E-state index is 10.8. The lowest BCUT2D eigenvalue weighted by Gasteiger charge is -2.00. The zero-order chi connectivity index (χ0) is 14.3. The smallest absolute Gasteiger partial charge is 0.240 e. The molecule has 7 nitrogen and oxygen atoms in total. The lowest BCUT2D eigenvalue weighted by molar-refractivity contribution is 0.397. The number of nitrogens with zero attached hydrogens (tertiary/aromatic N) is 2. The molecule has 0 bridgehead atoms. The molecule has 0 atom stereocenters. The van der Waals surface area contributed by atoms with Gasteiger partial charge in [-0.2, -0.15) is 0 Å². The fourth-order valence-corrected chi connectivity index (χ4v) is 1.80. The highest BCUT2D eigenvalue weighted by molar-refractivity contribution is 7.89. The molecule has 0 aliphatic carbocycles. The molecule has 0 aliphatic rings. The summed E-state index contributed by atoms with van der Waals surface area (Å²) in [5.74, 6) is 0.597. The van der Waals surface area contributed by atoms with Crippen molar-refractivity contribution in [3.8, 4) is 5.88 Å². The number of methoxy groups -OCH3 is 1. The number of hydrogen-bond donors (Lipinski definition) is 2. The van der Waals surface area contributed by atoms with E-state index in [4.69, 9.17) is 15.6 Å². The number of benzene rings is 1. The van der Waals surface area contributed by atoms with E-state index < -0.39 is 10.0 Å². The van der Waals surface area contributed by atoms with Gasteiger partial charge in [-0.1, -0.05) is 12.1 Å². The van der Waals surface area contributed by atoms with Crippen LogP contribution in [0.3, 0.4) is 0 Å². The zero-order valence-corrected chi connectivity index (χ0v) is 11.0. The maximum absolute atomic E-state index is 10.8. The summed E-state index contributed by atoms with van der Waals surface area (Å²) in [4.78, 5) is 7.44. The number of anilines is 1. The molecule has 0 spiro atoms. The Morgan fingerprint density at radius 1 is 1.21 bits per heavy atom. The highest BCUT2D eigenvalue weighted by Gasteiger charge is 2.09. The molecular weight excluding hydrogens is 268 g/mol. The topological polar surface area (TPSA) is 121 Å². The zero-order valence-electron chi connectivity index (χ0n) is 10.2. The van der Waals surface area contributed by atoms with E-state index in [9.17, 15) is 8.42 Å². The molecule has 1 aromatic heterocycles. The minimum absolute atomic E-state index is 0.0278. The quantitative estimate of drug-likeness (QED) is 0.769. The van der Waals surface area contributed by atoms with E-state index in [1.54, 1.807) is 31.5 Å². The third-order valence-electron chi connectivity index (χ3n) is 1.99. The number of primary sulfonamides is 1. The average molecular weight is 282 g/mol. The first kappa shape index (κ1) is 14.9. The van der Waals surface area contributed by atoms with Crippen LogP contribution in [0.4, 0.5) is 5.69 Å². The van der Waals surface area contributed by atoms with E-state index in [-0.39, 0.29) is 10.6 Å². The largest absolute Gasteiger partial charge is 0.481 e. The molecule has 102 valence electrons. The van der Waals surface area contributed by atoms with Gasteiger partial charge >= 0.3 is 0 Å². The monoisotopic (exact) mass is 282 g/mol. The summed E-state index contributed by atoms with van der Waals surface area (Å²) in [6.07, 6.45) is 3.07. The van der Waals surface area contributed by atoms with Gasteiger partial charge in [-0.25, -0.2) is 23.5 Å². The molecule has 1 aromatic carbocycles. The average Bonchev–Trinajstić information content (AvgIpc) is 2.39. The minimum atomic E-state index is -3.66. The molecule has 0 saturated heterocycles. The molecule has 0 fully saturated rings. The van der Waals surface area contributed by atoms with E-state index in [1.807, 2.05) is 0 Å². The van der Waals surface area contributed by atoms with E-state index in [2.05, 4.69) is 9.97 Å². The second kappa shape index (κ2) is 6.66. The molecule has 2 aromatic rings. The number of hydrogen-bond acceptors (Lipinski definition) is 6. The number of nitrogen functional groups attached to an aromatic ring is 1. The third-order valence-corrected chi connectivity index (χ3v) is 2.97. The van der Waals surface area contributed by atoms with Gasteiger partial charge in [0.1, 0.15) is 11.2 Å². The van der Waals surface area contributed by atoms with Gasteiger partial charge in [0.15, 0.2) is 0 Å². The molecule has 0 amide bonds. The van der Waals surface area contributed by atoms with Crippen LogP contribution in [0.15, 0.2) is 47.8 Å². The highest BCUT2D eigenvalue weighted by Crippen LogP contribution is 2.14. The summed E-state index contributed by atoms with van der Waals surface area (Å²) in [5.41, 5.74) is 5.52. The van der Waals surface area contributed by atoms with Crippen molar-refractivity contribution in [2.75, 3.05) is 12.8 Å². The van der Waals surface area contributed by atoms with Crippen molar-refractivity contribution in [1.82, 2.24) is 9.97 Å². The number of aromatic nitrogens is 2. The summed E-state index contributed by atoms with van der Waals surface area (Å²) < 4.78 is 26.3. The second-order valence-corrected chi connectivity index (χ2v) is 4.86. The molecular formula is C11H14N4O3S. The summed E-state index contributed by atoms with van der Waals surface area (Å²) in [5, 5.41) is 4.85. The van der Waals surface area contributed by atoms with Gasteiger partial charge in [0.05, 0.1) is 12.8 Å². The van der Waals surface area contributed by atoms with Crippen LogP contribution < -0.4 is 15.6 Å². The van der Waals surface area contributed by atoms with Crippen molar-refractivity contribution in [3.63, 3.8) is 0 Å². The molecule has 2 rings (SSSR count). The first-order valence-corrected chi connectivity index (χ1v) is 6.67. The van der Waals surface area contributed by atoms with E-state index in [1.165, 1.54) is 18.5 Å². The molecule has 0 radical (unpaired) electrons. The van der Waals surface area contributed by atoms with Crippen LogP contribution in [0.2, 0.25) is 0 Å². The van der Waals surface area contributed by atoms with E-state index in [0.717, 1.165) is 0 Å². The Hall–Kier alpha value is -2.19. The fourth-order valence-electron chi connectivity index (χ4n) is 1.14. The number of rotatable bonds is 2. The molecule has 1 heterocycles. The normalized spacial score (nSPS) is 10.2. The lowest BCUT2D eigenvalue weighted by atomic mass is 10.3. The van der Waals surface area contributed by atoms with Crippen LogP contribution in [-0.2, 0) is 10.0 Å². The van der Waals surface area contributed by atoms with Crippen LogP contribution in [0.5, 0.6) is 5.88 Å². The number of para-hydroxylation sites is 1.